The lowest BCUT2D eigenvalue weighted by Gasteiger charge is -2.40. The summed E-state index contributed by atoms with van der Waals surface area (Å²) in [4.78, 5) is 35.0. The van der Waals surface area contributed by atoms with Crippen LogP contribution in [0.25, 0.3) is 0 Å². The molecular weight excluding hydrogens is 599 g/mol. The normalized spacial score (nSPS) is 14.7. The van der Waals surface area contributed by atoms with E-state index in [2.05, 4.69) is 27.4 Å². The van der Waals surface area contributed by atoms with E-state index in [-0.39, 0.29) is 0 Å². The molecule has 1 unspecified atom stereocenters. The van der Waals surface area contributed by atoms with Crippen molar-refractivity contribution in [2.75, 3.05) is 19.8 Å². The molecule has 0 saturated carbocycles. The Balaban J connectivity index is 6.22. The van der Waals surface area contributed by atoms with E-state index in [0.29, 0.717) is 12.2 Å². The van der Waals surface area contributed by atoms with Gasteiger partial charge in [-0.2, -0.15) is 57.1 Å². The smallest absolute Gasteiger partial charge is 0.460 e. The van der Waals surface area contributed by atoms with Crippen molar-refractivity contribution >= 4 is 17.9 Å². The SMILES string of the molecule is C=CC(=O)OCC(C)(COC(=O)C=C)C(=O)OC(CO)CC(F)(F)C(F)(F)C(F)(F)C(F)(F)C(F)(F)C(F)(F)F. The summed E-state index contributed by atoms with van der Waals surface area (Å²) in [5.74, 6) is -42.9. The molecule has 0 aliphatic carbocycles. The molecule has 0 aromatic rings. The van der Waals surface area contributed by atoms with Gasteiger partial charge in [-0.05, 0) is 6.92 Å². The highest BCUT2D eigenvalue weighted by Gasteiger charge is 2.90. The van der Waals surface area contributed by atoms with Crippen molar-refractivity contribution in [3.63, 3.8) is 0 Å². The Bertz CT molecular complexity index is 937. The van der Waals surface area contributed by atoms with Crippen LogP contribution in [0.3, 0.4) is 0 Å². The van der Waals surface area contributed by atoms with Gasteiger partial charge in [0.15, 0.2) is 0 Å². The highest BCUT2D eigenvalue weighted by Crippen LogP contribution is 2.60. The summed E-state index contributed by atoms with van der Waals surface area (Å²) in [6, 6.07) is 0. The van der Waals surface area contributed by atoms with E-state index >= 15 is 0 Å². The van der Waals surface area contributed by atoms with Gasteiger partial charge in [0, 0.05) is 12.2 Å². The number of carbonyl (C=O) groups excluding carboxylic acids is 3. The molecule has 0 aromatic heterocycles. The predicted molar refractivity (Wildman–Crippen MR) is 103 cm³/mol. The largest absolute Gasteiger partial charge is 0.461 e. The summed E-state index contributed by atoms with van der Waals surface area (Å²) < 4.78 is 186. The van der Waals surface area contributed by atoms with Crippen molar-refractivity contribution in [2.45, 2.75) is 55.2 Å². The molecule has 0 radical (unpaired) electrons. The first-order chi connectivity index (χ1) is 17.7. The summed E-state index contributed by atoms with van der Waals surface area (Å²) in [5.41, 5.74) is -2.42. The summed E-state index contributed by atoms with van der Waals surface area (Å²) in [5, 5.41) is 9.12. The van der Waals surface area contributed by atoms with Crippen LogP contribution in [-0.2, 0) is 28.6 Å². The average molecular weight is 618 g/mol. The van der Waals surface area contributed by atoms with Crippen LogP contribution in [-0.4, -0.2) is 84.7 Å². The number of aliphatic hydroxyl groups excluding tert-OH is 1. The standard InChI is InChI=1S/C20H19F13O7/c1-4-11(35)38-8-14(3,9-39-12(36)5-2)13(37)40-10(7-34)6-15(21,22)16(23,24)17(25,26)18(27,28)19(29,30)20(31,32)33/h4-5,10,34H,1-2,6-9H2,3H3. The van der Waals surface area contributed by atoms with Crippen LogP contribution < -0.4 is 0 Å². The molecule has 7 nitrogen and oxygen atoms in total. The van der Waals surface area contributed by atoms with Gasteiger partial charge in [-0.15, -0.1) is 0 Å². The Hall–Kier alpha value is -3.06. The Kier molecular flexibility index (Phi) is 11.3. The molecule has 1 N–H and O–H groups in total. The van der Waals surface area contributed by atoms with Crippen LogP contribution in [0.15, 0.2) is 25.3 Å². The maximum absolute atomic E-state index is 14.1. The van der Waals surface area contributed by atoms with E-state index in [9.17, 15) is 71.5 Å². The van der Waals surface area contributed by atoms with Gasteiger partial charge < -0.3 is 19.3 Å². The van der Waals surface area contributed by atoms with Crippen molar-refractivity contribution in [3.8, 4) is 0 Å². The number of ether oxygens (including phenoxy) is 3. The van der Waals surface area contributed by atoms with Crippen LogP contribution in [0, 0.1) is 5.41 Å². The Morgan fingerprint density at radius 3 is 1.43 bits per heavy atom. The van der Waals surface area contributed by atoms with Gasteiger partial charge in [0.25, 0.3) is 0 Å². The number of carbonyl (C=O) groups is 3. The Morgan fingerprint density at radius 1 is 0.725 bits per heavy atom. The number of halogens is 13. The third-order valence-corrected chi connectivity index (χ3v) is 4.85. The summed E-state index contributed by atoms with van der Waals surface area (Å²) >= 11 is 0. The molecule has 1 atom stereocenters. The first-order valence-electron chi connectivity index (χ1n) is 10.1. The average Bonchev–Trinajstić information content (AvgIpc) is 2.83. The van der Waals surface area contributed by atoms with Crippen molar-refractivity contribution in [3.05, 3.63) is 25.3 Å². The van der Waals surface area contributed by atoms with Gasteiger partial charge in [0.2, 0.25) is 0 Å². The van der Waals surface area contributed by atoms with Gasteiger partial charge in [-0.1, -0.05) is 13.2 Å². The van der Waals surface area contributed by atoms with Gasteiger partial charge in [0.1, 0.15) is 24.7 Å². The topological polar surface area (TPSA) is 99.1 Å². The third-order valence-electron chi connectivity index (χ3n) is 4.85. The minimum absolute atomic E-state index is 0.541. The van der Waals surface area contributed by atoms with Crippen LogP contribution in [0.1, 0.15) is 13.3 Å². The number of rotatable bonds is 15. The molecule has 0 fully saturated rings. The van der Waals surface area contributed by atoms with E-state index < -0.39 is 91.5 Å². The van der Waals surface area contributed by atoms with Crippen molar-refractivity contribution in [1.82, 2.24) is 0 Å². The third kappa shape index (κ3) is 7.17. The number of alkyl halides is 13. The van der Waals surface area contributed by atoms with Crippen LogP contribution in [0.4, 0.5) is 57.1 Å². The quantitative estimate of drug-likeness (QED) is 0.125. The zero-order chi connectivity index (χ0) is 32.2. The maximum atomic E-state index is 14.1. The van der Waals surface area contributed by atoms with Gasteiger partial charge >= 0.3 is 53.7 Å². The highest BCUT2D eigenvalue weighted by molar-refractivity contribution is 5.83. The van der Waals surface area contributed by atoms with Gasteiger partial charge in [-0.25, -0.2) is 9.59 Å². The minimum Gasteiger partial charge on any atom is -0.461 e. The number of aliphatic hydroxyl groups is 1. The monoisotopic (exact) mass is 618 g/mol. The summed E-state index contributed by atoms with van der Waals surface area (Å²) in [6.07, 6.45) is -12.6. The zero-order valence-corrected chi connectivity index (χ0v) is 19.8. The maximum Gasteiger partial charge on any atom is 0.460 e. The van der Waals surface area contributed by atoms with Crippen molar-refractivity contribution in [1.29, 1.82) is 0 Å². The van der Waals surface area contributed by atoms with Crippen LogP contribution >= 0.6 is 0 Å². The molecule has 0 saturated heterocycles. The van der Waals surface area contributed by atoms with E-state index in [1.54, 1.807) is 0 Å². The molecule has 40 heavy (non-hydrogen) atoms. The van der Waals surface area contributed by atoms with Gasteiger partial charge in [0.05, 0.1) is 13.0 Å². The molecule has 0 aliphatic rings. The summed E-state index contributed by atoms with van der Waals surface area (Å²) in [7, 11) is 0. The minimum atomic E-state index is -8.14. The highest BCUT2D eigenvalue weighted by atomic mass is 19.4. The van der Waals surface area contributed by atoms with Crippen LogP contribution in [0.5, 0.6) is 0 Å². The van der Waals surface area contributed by atoms with Gasteiger partial charge in [-0.3, -0.25) is 4.79 Å². The fourth-order valence-corrected chi connectivity index (χ4v) is 2.39. The Morgan fingerprint density at radius 2 is 1.10 bits per heavy atom. The van der Waals surface area contributed by atoms with E-state index in [1.807, 2.05) is 0 Å². The molecule has 0 aromatic carbocycles. The molecule has 0 bridgehead atoms. The fourth-order valence-electron chi connectivity index (χ4n) is 2.39. The first-order valence-corrected chi connectivity index (χ1v) is 10.1. The Labute approximate surface area is 215 Å². The lowest BCUT2D eigenvalue weighted by atomic mass is 9.91. The van der Waals surface area contributed by atoms with Crippen LogP contribution in [0.2, 0.25) is 0 Å². The van der Waals surface area contributed by atoms with E-state index in [0.717, 1.165) is 6.92 Å². The van der Waals surface area contributed by atoms with E-state index in [1.165, 1.54) is 0 Å². The van der Waals surface area contributed by atoms with Crippen molar-refractivity contribution in [2.24, 2.45) is 5.41 Å². The first kappa shape index (κ1) is 36.9. The fraction of sp³-hybridized carbons (Fsp3) is 0.650. The zero-order valence-electron chi connectivity index (χ0n) is 19.8. The lowest BCUT2D eigenvalue weighted by molar-refractivity contribution is -0.440. The molecular formula is C20H19F13O7. The van der Waals surface area contributed by atoms with E-state index in [4.69, 9.17) is 5.11 Å². The second-order valence-corrected chi connectivity index (χ2v) is 8.10. The molecule has 0 rings (SSSR count). The predicted octanol–water partition coefficient (Wildman–Crippen LogP) is 4.48. The number of esters is 3. The molecule has 0 spiro atoms. The lowest BCUT2D eigenvalue weighted by Crippen LogP contribution is -2.70. The molecule has 232 valence electrons. The molecule has 20 heteroatoms. The van der Waals surface area contributed by atoms with Crippen molar-refractivity contribution < 1.29 is 90.8 Å². The number of hydrogen-bond acceptors (Lipinski definition) is 7. The molecule has 0 aliphatic heterocycles. The molecule has 0 amide bonds. The molecule has 0 heterocycles. The number of hydrogen-bond donors (Lipinski definition) is 1. The summed E-state index contributed by atoms with van der Waals surface area (Å²) in [6.45, 7) is 2.46. The second kappa shape index (κ2) is 12.2. The second-order valence-electron chi connectivity index (χ2n) is 8.10.